The zero-order valence-corrected chi connectivity index (χ0v) is 18.8. The molecular weight excluding hydrogens is 410 g/mol. The highest BCUT2D eigenvalue weighted by Crippen LogP contribution is 2.38. The van der Waals surface area contributed by atoms with Crippen LogP contribution in [0.4, 0.5) is 5.00 Å². The highest BCUT2D eigenvalue weighted by molar-refractivity contribution is 7.16. The fourth-order valence-electron chi connectivity index (χ4n) is 3.49. The molecule has 1 aromatic carbocycles. The van der Waals surface area contributed by atoms with Crippen LogP contribution in [-0.2, 0) is 17.6 Å². The molecule has 0 spiro atoms. The summed E-state index contributed by atoms with van der Waals surface area (Å²) in [5.41, 5.74) is 2.17. The van der Waals surface area contributed by atoms with Crippen LogP contribution in [0.25, 0.3) is 6.08 Å². The molecule has 6 nitrogen and oxygen atoms in total. The summed E-state index contributed by atoms with van der Waals surface area (Å²) in [6, 6.07) is 9.48. The number of nitrogens with zero attached hydrogens (tertiary/aromatic N) is 2. The van der Waals surface area contributed by atoms with Crippen molar-refractivity contribution in [2.75, 3.05) is 11.9 Å². The van der Waals surface area contributed by atoms with Gasteiger partial charge in [0.2, 0.25) is 0 Å². The van der Waals surface area contributed by atoms with Crippen LogP contribution in [0, 0.1) is 22.7 Å². The molecule has 0 saturated heterocycles. The monoisotopic (exact) mass is 435 g/mol. The molecule has 1 aliphatic rings. The van der Waals surface area contributed by atoms with Crippen molar-refractivity contribution in [2.24, 2.45) is 0 Å². The van der Waals surface area contributed by atoms with Crippen molar-refractivity contribution >= 4 is 28.3 Å². The normalized spacial score (nSPS) is 13.2. The molecule has 1 N–H and O–H groups in total. The summed E-state index contributed by atoms with van der Waals surface area (Å²) in [6.45, 7) is 6.20. The van der Waals surface area contributed by atoms with Crippen LogP contribution in [0.15, 0.2) is 23.8 Å². The second-order valence-corrected chi connectivity index (χ2v) is 8.56. The lowest BCUT2D eigenvalue weighted by Gasteiger charge is -2.15. The third-order valence-electron chi connectivity index (χ3n) is 4.82. The van der Waals surface area contributed by atoms with Crippen LogP contribution < -0.4 is 14.8 Å². The SMILES string of the molecule is CCOc1cc(C=C(C#N)C(=O)Nc2sc3c(c2C#N)CCCC3)ccc1OC(C)C. The van der Waals surface area contributed by atoms with Gasteiger partial charge in [0.05, 0.1) is 18.3 Å². The van der Waals surface area contributed by atoms with E-state index in [1.165, 1.54) is 17.4 Å². The Morgan fingerprint density at radius 3 is 2.71 bits per heavy atom. The predicted octanol–water partition coefficient (Wildman–Crippen LogP) is 5.23. The highest BCUT2D eigenvalue weighted by atomic mass is 32.1. The minimum absolute atomic E-state index is 0.00741. The van der Waals surface area contributed by atoms with Crippen LogP contribution in [0.3, 0.4) is 0 Å². The average molecular weight is 436 g/mol. The summed E-state index contributed by atoms with van der Waals surface area (Å²) in [7, 11) is 0. The van der Waals surface area contributed by atoms with Gasteiger partial charge < -0.3 is 14.8 Å². The van der Waals surface area contributed by atoms with E-state index in [0.717, 1.165) is 36.1 Å². The Bertz CT molecular complexity index is 1090. The number of aryl methyl sites for hydroxylation is 1. The fourth-order valence-corrected chi connectivity index (χ4v) is 4.73. The standard InChI is InChI=1S/C24H25N3O3S/c1-4-29-21-12-16(9-10-20(21)30-15(2)3)11-17(13-25)23(28)27-24-19(14-26)18-7-5-6-8-22(18)31-24/h9-12,15H,4-8H2,1-3H3,(H,27,28). The van der Waals surface area contributed by atoms with E-state index >= 15 is 0 Å². The number of benzene rings is 1. The number of fused-ring (bicyclic) bond motifs is 1. The van der Waals surface area contributed by atoms with Gasteiger partial charge >= 0.3 is 0 Å². The minimum atomic E-state index is -0.530. The molecule has 0 unspecified atom stereocenters. The van der Waals surface area contributed by atoms with Gasteiger partial charge in [0.1, 0.15) is 22.7 Å². The van der Waals surface area contributed by atoms with Crippen molar-refractivity contribution in [1.82, 2.24) is 0 Å². The van der Waals surface area contributed by atoms with Gasteiger partial charge in [-0.2, -0.15) is 10.5 Å². The number of anilines is 1. The van der Waals surface area contributed by atoms with E-state index in [1.807, 2.05) is 26.8 Å². The zero-order chi connectivity index (χ0) is 22.4. The molecule has 0 aliphatic heterocycles. The van der Waals surface area contributed by atoms with E-state index in [9.17, 15) is 15.3 Å². The van der Waals surface area contributed by atoms with Crippen molar-refractivity contribution in [2.45, 2.75) is 52.6 Å². The fraction of sp³-hybridized carbons (Fsp3) is 0.375. The number of hydrogen-bond acceptors (Lipinski definition) is 6. The number of rotatable bonds is 7. The maximum atomic E-state index is 12.8. The molecule has 1 aromatic heterocycles. The first kappa shape index (κ1) is 22.4. The third-order valence-corrected chi connectivity index (χ3v) is 6.02. The lowest BCUT2D eigenvalue weighted by Crippen LogP contribution is -2.13. The Hall–Kier alpha value is -3.29. The minimum Gasteiger partial charge on any atom is -0.490 e. The van der Waals surface area contributed by atoms with Crippen LogP contribution >= 0.6 is 11.3 Å². The number of amides is 1. The summed E-state index contributed by atoms with van der Waals surface area (Å²) in [5.74, 6) is 0.637. The summed E-state index contributed by atoms with van der Waals surface area (Å²) in [6.07, 6.45) is 5.43. The quantitative estimate of drug-likeness (QED) is 0.475. The van der Waals surface area contributed by atoms with Gasteiger partial charge in [-0.05, 0) is 75.8 Å². The number of hydrogen-bond donors (Lipinski definition) is 1. The largest absolute Gasteiger partial charge is 0.490 e. The smallest absolute Gasteiger partial charge is 0.266 e. The topological polar surface area (TPSA) is 95.1 Å². The summed E-state index contributed by atoms with van der Waals surface area (Å²) < 4.78 is 11.4. The molecule has 1 aliphatic carbocycles. The van der Waals surface area contributed by atoms with Gasteiger partial charge in [-0.15, -0.1) is 11.3 Å². The van der Waals surface area contributed by atoms with Gasteiger partial charge in [-0.1, -0.05) is 6.07 Å². The molecular formula is C24H25N3O3S. The number of ether oxygens (including phenoxy) is 2. The molecule has 2 aromatic rings. The molecule has 31 heavy (non-hydrogen) atoms. The summed E-state index contributed by atoms with van der Waals surface area (Å²) in [5, 5.41) is 22.5. The van der Waals surface area contributed by atoms with E-state index in [2.05, 4.69) is 11.4 Å². The van der Waals surface area contributed by atoms with E-state index in [0.29, 0.717) is 34.2 Å². The molecule has 0 fully saturated rings. The van der Waals surface area contributed by atoms with E-state index in [4.69, 9.17) is 9.47 Å². The van der Waals surface area contributed by atoms with Crippen molar-refractivity contribution in [1.29, 1.82) is 10.5 Å². The van der Waals surface area contributed by atoms with E-state index < -0.39 is 5.91 Å². The van der Waals surface area contributed by atoms with Gasteiger partial charge in [0.15, 0.2) is 11.5 Å². The number of carbonyl (C=O) groups is 1. The van der Waals surface area contributed by atoms with Gasteiger partial charge in [-0.3, -0.25) is 4.79 Å². The molecule has 0 atom stereocenters. The highest BCUT2D eigenvalue weighted by Gasteiger charge is 2.22. The lowest BCUT2D eigenvalue weighted by molar-refractivity contribution is -0.112. The molecule has 1 heterocycles. The lowest BCUT2D eigenvalue weighted by atomic mass is 9.96. The molecule has 0 bridgehead atoms. The van der Waals surface area contributed by atoms with Crippen molar-refractivity contribution < 1.29 is 14.3 Å². The second-order valence-electron chi connectivity index (χ2n) is 7.46. The van der Waals surface area contributed by atoms with Crippen LogP contribution in [0.1, 0.15) is 55.2 Å². The maximum Gasteiger partial charge on any atom is 0.266 e. The average Bonchev–Trinajstić information content (AvgIpc) is 3.10. The van der Waals surface area contributed by atoms with Crippen molar-refractivity contribution in [3.63, 3.8) is 0 Å². The van der Waals surface area contributed by atoms with Crippen molar-refractivity contribution in [3.8, 4) is 23.6 Å². The maximum absolute atomic E-state index is 12.8. The third kappa shape index (κ3) is 5.25. The van der Waals surface area contributed by atoms with Gasteiger partial charge in [-0.25, -0.2) is 0 Å². The van der Waals surface area contributed by atoms with E-state index in [1.54, 1.807) is 18.2 Å². The Labute approximate surface area is 186 Å². The second kappa shape index (κ2) is 10.1. The number of thiophene rings is 1. The predicted molar refractivity (Wildman–Crippen MR) is 121 cm³/mol. The first-order valence-electron chi connectivity index (χ1n) is 10.4. The molecule has 1 amide bonds. The summed E-state index contributed by atoms with van der Waals surface area (Å²) >= 11 is 1.44. The van der Waals surface area contributed by atoms with Gasteiger partial charge in [0, 0.05) is 4.88 Å². The Balaban J connectivity index is 1.86. The number of nitrogens with one attached hydrogen (secondary N) is 1. The van der Waals surface area contributed by atoms with Crippen molar-refractivity contribution in [3.05, 3.63) is 45.3 Å². The Kier molecular flexibility index (Phi) is 7.33. The molecule has 3 rings (SSSR count). The molecule has 160 valence electrons. The Morgan fingerprint density at radius 2 is 2.03 bits per heavy atom. The van der Waals surface area contributed by atoms with E-state index in [-0.39, 0.29) is 11.7 Å². The molecule has 0 saturated carbocycles. The van der Waals surface area contributed by atoms with Gasteiger partial charge in [0.25, 0.3) is 5.91 Å². The number of nitriles is 2. The van der Waals surface area contributed by atoms with Crippen LogP contribution in [0.2, 0.25) is 0 Å². The summed E-state index contributed by atoms with van der Waals surface area (Å²) in [4.78, 5) is 13.9. The zero-order valence-electron chi connectivity index (χ0n) is 17.9. The number of carbonyl (C=O) groups excluding carboxylic acids is 1. The van der Waals surface area contributed by atoms with Crippen LogP contribution in [0.5, 0.6) is 11.5 Å². The first-order valence-corrected chi connectivity index (χ1v) is 11.2. The Morgan fingerprint density at radius 1 is 1.26 bits per heavy atom. The van der Waals surface area contributed by atoms with Crippen LogP contribution in [-0.4, -0.2) is 18.6 Å². The molecule has 7 heteroatoms. The molecule has 0 radical (unpaired) electrons. The first-order chi connectivity index (χ1) is 15.0.